The zero-order valence-corrected chi connectivity index (χ0v) is 18.1. The van der Waals surface area contributed by atoms with Crippen LogP contribution < -0.4 is 4.90 Å². The van der Waals surface area contributed by atoms with Crippen molar-refractivity contribution in [2.45, 2.75) is 38.1 Å². The Bertz CT molecular complexity index is 1170. The van der Waals surface area contributed by atoms with Crippen molar-refractivity contribution < 1.29 is 9.13 Å². The molecule has 160 valence electrons. The third-order valence-corrected chi connectivity index (χ3v) is 7.00. The van der Waals surface area contributed by atoms with E-state index in [0.29, 0.717) is 13.2 Å². The summed E-state index contributed by atoms with van der Waals surface area (Å²) in [6, 6.07) is 11.0. The second-order valence-electron chi connectivity index (χ2n) is 8.77. The highest BCUT2D eigenvalue weighted by molar-refractivity contribution is 6.30. The minimum Gasteiger partial charge on any atom is -0.365 e. The van der Waals surface area contributed by atoms with E-state index >= 15 is 0 Å². The summed E-state index contributed by atoms with van der Waals surface area (Å²) in [6.07, 6.45) is 1.58. The molecule has 0 amide bonds. The van der Waals surface area contributed by atoms with E-state index in [1.54, 1.807) is 6.07 Å². The molecule has 0 N–H and O–H groups in total. The first-order valence-corrected chi connectivity index (χ1v) is 11.0. The summed E-state index contributed by atoms with van der Waals surface area (Å²) in [7, 11) is 2.08. The fraction of sp³-hybridized carbons (Fsp3) is 0.391. The molecule has 3 aliphatic rings. The molecule has 31 heavy (non-hydrogen) atoms. The van der Waals surface area contributed by atoms with Gasteiger partial charge in [-0.25, -0.2) is 4.39 Å². The minimum atomic E-state index is -0.402. The van der Waals surface area contributed by atoms with Gasteiger partial charge in [-0.15, -0.1) is 10.2 Å². The summed E-state index contributed by atoms with van der Waals surface area (Å²) in [5.41, 5.74) is 3.94. The highest BCUT2D eigenvalue weighted by atomic mass is 35.5. The zero-order valence-electron chi connectivity index (χ0n) is 17.3. The average molecular weight is 440 g/mol. The van der Waals surface area contributed by atoms with Crippen molar-refractivity contribution in [3.63, 3.8) is 0 Å². The maximum Gasteiger partial charge on any atom is 0.231 e. The molecule has 0 aliphatic carbocycles. The quantitative estimate of drug-likeness (QED) is 0.573. The van der Waals surface area contributed by atoms with E-state index in [0.717, 1.165) is 71.6 Å². The Morgan fingerprint density at radius 3 is 2.71 bits per heavy atom. The molecule has 2 aromatic carbocycles. The standard InChI is InChI=1S/C23H23ClFN5O/c1-28-12-16-10-17(24)3-5-20(16)30-21(13-28)26-27-22(30)29-8-6-23(7-9-29)19-11-18(25)4-2-15(19)14-31-23/h2-5,10-11H,6-9,12-14H2,1H3. The lowest BCUT2D eigenvalue weighted by Gasteiger charge is -2.39. The van der Waals surface area contributed by atoms with Gasteiger partial charge >= 0.3 is 0 Å². The van der Waals surface area contributed by atoms with E-state index < -0.39 is 5.60 Å². The van der Waals surface area contributed by atoms with Crippen LogP contribution in [0.1, 0.15) is 35.4 Å². The topological polar surface area (TPSA) is 46.4 Å². The van der Waals surface area contributed by atoms with Crippen molar-refractivity contribution in [1.82, 2.24) is 19.7 Å². The summed E-state index contributed by atoms with van der Waals surface area (Å²) in [6.45, 7) is 3.61. The van der Waals surface area contributed by atoms with Crippen molar-refractivity contribution in [3.8, 4) is 5.69 Å². The molecule has 3 aromatic rings. The van der Waals surface area contributed by atoms with Gasteiger partial charge in [0.1, 0.15) is 5.82 Å². The molecular formula is C23H23ClFN5O. The number of anilines is 1. The monoisotopic (exact) mass is 439 g/mol. The van der Waals surface area contributed by atoms with E-state index in [4.69, 9.17) is 16.3 Å². The van der Waals surface area contributed by atoms with Crippen LogP contribution in [0.3, 0.4) is 0 Å². The second kappa shape index (κ2) is 7.02. The van der Waals surface area contributed by atoms with Gasteiger partial charge in [0.05, 0.1) is 24.4 Å². The largest absolute Gasteiger partial charge is 0.365 e. The number of rotatable bonds is 1. The van der Waals surface area contributed by atoms with E-state index in [2.05, 4.69) is 37.7 Å². The Morgan fingerprint density at radius 1 is 1.03 bits per heavy atom. The number of fused-ring (bicyclic) bond motifs is 5. The number of aromatic nitrogens is 3. The molecule has 1 aromatic heterocycles. The lowest BCUT2D eigenvalue weighted by Crippen LogP contribution is -2.43. The van der Waals surface area contributed by atoms with Gasteiger partial charge in [-0.05, 0) is 66.9 Å². The average Bonchev–Trinajstić information content (AvgIpc) is 3.27. The van der Waals surface area contributed by atoms with Crippen molar-refractivity contribution in [2.24, 2.45) is 0 Å². The molecule has 0 saturated carbocycles. The second-order valence-corrected chi connectivity index (χ2v) is 9.20. The number of nitrogens with zero attached hydrogens (tertiary/aromatic N) is 5. The van der Waals surface area contributed by atoms with Crippen LogP contribution in [0.2, 0.25) is 5.02 Å². The van der Waals surface area contributed by atoms with Crippen molar-refractivity contribution in [2.75, 3.05) is 25.0 Å². The first kappa shape index (κ1) is 19.2. The Morgan fingerprint density at radius 2 is 1.87 bits per heavy atom. The smallest absolute Gasteiger partial charge is 0.231 e. The summed E-state index contributed by atoms with van der Waals surface area (Å²) in [5, 5.41) is 9.82. The summed E-state index contributed by atoms with van der Waals surface area (Å²) >= 11 is 6.28. The van der Waals surface area contributed by atoms with Crippen LogP contribution in [0.25, 0.3) is 5.69 Å². The Hall–Kier alpha value is -2.48. The van der Waals surface area contributed by atoms with Gasteiger partial charge in [0.15, 0.2) is 5.82 Å². The van der Waals surface area contributed by atoms with Crippen molar-refractivity contribution >= 4 is 17.5 Å². The Balaban J connectivity index is 1.33. The number of ether oxygens (including phenoxy) is 1. The van der Waals surface area contributed by atoms with Gasteiger partial charge in [0, 0.05) is 24.7 Å². The van der Waals surface area contributed by atoms with Crippen molar-refractivity contribution in [1.29, 1.82) is 0 Å². The highest BCUT2D eigenvalue weighted by Crippen LogP contribution is 2.45. The third kappa shape index (κ3) is 3.06. The first-order chi connectivity index (χ1) is 15.0. The first-order valence-electron chi connectivity index (χ1n) is 10.6. The number of halogens is 2. The van der Waals surface area contributed by atoms with Crippen LogP contribution in [-0.2, 0) is 30.0 Å². The minimum absolute atomic E-state index is 0.201. The molecular weight excluding hydrogens is 417 g/mol. The maximum absolute atomic E-state index is 13.9. The van der Waals surface area contributed by atoms with Crippen LogP contribution in [-0.4, -0.2) is 39.8 Å². The molecule has 3 aliphatic heterocycles. The van der Waals surface area contributed by atoms with E-state index in [9.17, 15) is 4.39 Å². The third-order valence-electron chi connectivity index (χ3n) is 6.77. The molecule has 6 nitrogen and oxygen atoms in total. The lowest BCUT2D eigenvalue weighted by molar-refractivity contribution is -0.0553. The molecule has 8 heteroatoms. The van der Waals surface area contributed by atoms with Gasteiger partial charge in [-0.1, -0.05) is 17.7 Å². The molecule has 0 bridgehead atoms. The zero-order chi connectivity index (χ0) is 21.2. The molecule has 0 atom stereocenters. The van der Waals surface area contributed by atoms with Gasteiger partial charge in [0.25, 0.3) is 0 Å². The Labute approximate surface area is 185 Å². The van der Waals surface area contributed by atoms with E-state index in [-0.39, 0.29) is 5.82 Å². The van der Waals surface area contributed by atoms with Crippen LogP contribution in [0.5, 0.6) is 0 Å². The van der Waals surface area contributed by atoms with Gasteiger partial charge in [-0.2, -0.15) is 0 Å². The number of hydrogen-bond acceptors (Lipinski definition) is 5. The number of piperidine rings is 1. The predicted molar refractivity (Wildman–Crippen MR) is 116 cm³/mol. The summed E-state index contributed by atoms with van der Waals surface area (Å²) in [4.78, 5) is 4.49. The molecule has 1 spiro atoms. The van der Waals surface area contributed by atoms with Crippen LogP contribution >= 0.6 is 11.6 Å². The number of benzene rings is 2. The van der Waals surface area contributed by atoms with E-state index in [1.165, 1.54) is 6.07 Å². The lowest BCUT2D eigenvalue weighted by atomic mass is 9.84. The summed E-state index contributed by atoms with van der Waals surface area (Å²) < 4.78 is 22.3. The molecule has 1 saturated heterocycles. The van der Waals surface area contributed by atoms with Crippen LogP contribution in [0.4, 0.5) is 10.3 Å². The SMILES string of the molecule is CN1Cc2cc(Cl)ccc2-n2c(nnc2N2CCC3(CC2)OCc2ccc(F)cc23)C1. The fourth-order valence-electron chi connectivity index (χ4n) is 5.22. The highest BCUT2D eigenvalue weighted by Gasteiger charge is 2.43. The van der Waals surface area contributed by atoms with Crippen molar-refractivity contribution in [3.05, 3.63) is 69.8 Å². The van der Waals surface area contributed by atoms with E-state index in [1.807, 2.05) is 18.2 Å². The number of hydrogen-bond donors (Lipinski definition) is 0. The van der Waals surface area contributed by atoms with Gasteiger partial charge in [0.2, 0.25) is 5.95 Å². The fourth-order valence-corrected chi connectivity index (χ4v) is 5.42. The molecule has 0 radical (unpaired) electrons. The summed E-state index contributed by atoms with van der Waals surface area (Å²) in [5.74, 6) is 1.57. The van der Waals surface area contributed by atoms with Crippen LogP contribution in [0, 0.1) is 5.82 Å². The molecule has 4 heterocycles. The molecule has 0 unspecified atom stereocenters. The molecule has 6 rings (SSSR count). The normalized spacial score (nSPS) is 19.8. The van der Waals surface area contributed by atoms with Gasteiger partial charge in [-0.3, -0.25) is 9.47 Å². The van der Waals surface area contributed by atoms with Crippen LogP contribution in [0.15, 0.2) is 36.4 Å². The Kier molecular flexibility index (Phi) is 4.35. The maximum atomic E-state index is 13.9. The predicted octanol–water partition coefficient (Wildman–Crippen LogP) is 4.03. The molecule has 1 fully saturated rings. The van der Waals surface area contributed by atoms with Gasteiger partial charge < -0.3 is 9.64 Å².